The molecule has 1 N–H and O–H groups in total. The van der Waals surface area contributed by atoms with Crippen LogP contribution in [0.15, 0.2) is 30.7 Å². The SMILES string of the molecule is CC(C)n1cncc1CNCCc1ccc(Cl)cc1Cl. The molecule has 0 aliphatic heterocycles. The molecule has 0 spiro atoms. The zero-order valence-corrected chi connectivity index (χ0v) is 13.2. The van der Waals surface area contributed by atoms with E-state index in [0.717, 1.165) is 30.1 Å². The average molecular weight is 312 g/mol. The van der Waals surface area contributed by atoms with Gasteiger partial charge in [0.25, 0.3) is 0 Å². The lowest BCUT2D eigenvalue weighted by Crippen LogP contribution is -2.19. The molecule has 20 heavy (non-hydrogen) atoms. The van der Waals surface area contributed by atoms with Gasteiger partial charge in [-0.05, 0) is 44.5 Å². The maximum atomic E-state index is 6.15. The van der Waals surface area contributed by atoms with Gasteiger partial charge in [0.05, 0.1) is 12.0 Å². The molecule has 1 heterocycles. The number of nitrogens with one attached hydrogen (secondary N) is 1. The molecular formula is C15H19Cl2N3. The number of imidazole rings is 1. The molecule has 0 unspecified atom stereocenters. The first-order valence-electron chi connectivity index (χ1n) is 6.73. The van der Waals surface area contributed by atoms with Crippen LogP contribution in [0.5, 0.6) is 0 Å². The van der Waals surface area contributed by atoms with Crippen LogP contribution in [0.3, 0.4) is 0 Å². The maximum absolute atomic E-state index is 6.15. The highest BCUT2D eigenvalue weighted by atomic mass is 35.5. The molecular weight excluding hydrogens is 293 g/mol. The third kappa shape index (κ3) is 3.98. The van der Waals surface area contributed by atoms with E-state index in [4.69, 9.17) is 23.2 Å². The number of hydrogen-bond acceptors (Lipinski definition) is 2. The van der Waals surface area contributed by atoms with Crippen LogP contribution in [0, 0.1) is 0 Å². The molecule has 0 saturated carbocycles. The van der Waals surface area contributed by atoms with Gasteiger partial charge in [-0.15, -0.1) is 0 Å². The van der Waals surface area contributed by atoms with E-state index in [2.05, 4.69) is 28.7 Å². The first-order valence-corrected chi connectivity index (χ1v) is 7.49. The summed E-state index contributed by atoms with van der Waals surface area (Å²) in [6.07, 6.45) is 4.66. The van der Waals surface area contributed by atoms with Crippen LogP contribution in [0.1, 0.15) is 31.1 Å². The lowest BCUT2D eigenvalue weighted by Gasteiger charge is -2.12. The van der Waals surface area contributed by atoms with Crippen LogP contribution >= 0.6 is 23.2 Å². The summed E-state index contributed by atoms with van der Waals surface area (Å²) in [5, 5.41) is 4.82. The van der Waals surface area contributed by atoms with Crippen LogP contribution in [0.4, 0.5) is 0 Å². The Labute approximate surface area is 129 Å². The number of nitrogens with zero attached hydrogens (tertiary/aromatic N) is 2. The van der Waals surface area contributed by atoms with Gasteiger partial charge in [-0.25, -0.2) is 4.98 Å². The molecule has 2 rings (SSSR count). The molecule has 0 fully saturated rings. The Balaban J connectivity index is 1.83. The van der Waals surface area contributed by atoms with Crippen molar-refractivity contribution < 1.29 is 0 Å². The molecule has 0 atom stereocenters. The minimum absolute atomic E-state index is 0.431. The summed E-state index contributed by atoms with van der Waals surface area (Å²) < 4.78 is 2.17. The van der Waals surface area contributed by atoms with E-state index in [0.29, 0.717) is 11.1 Å². The Morgan fingerprint density at radius 1 is 1.30 bits per heavy atom. The van der Waals surface area contributed by atoms with Crippen LogP contribution in [-0.2, 0) is 13.0 Å². The van der Waals surface area contributed by atoms with Crippen LogP contribution in [-0.4, -0.2) is 16.1 Å². The number of hydrogen-bond donors (Lipinski definition) is 1. The highest BCUT2D eigenvalue weighted by molar-refractivity contribution is 6.35. The van der Waals surface area contributed by atoms with Crippen molar-refractivity contribution >= 4 is 23.2 Å². The van der Waals surface area contributed by atoms with Crippen LogP contribution < -0.4 is 5.32 Å². The lowest BCUT2D eigenvalue weighted by molar-refractivity contribution is 0.551. The van der Waals surface area contributed by atoms with Crippen molar-refractivity contribution in [2.45, 2.75) is 32.9 Å². The second-order valence-corrected chi connectivity index (χ2v) is 5.89. The fourth-order valence-electron chi connectivity index (χ4n) is 2.10. The normalized spacial score (nSPS) is 11.2. The van der Waals surface area contributed by atoms with E-state index < -0.39 is 0 Å². The zero-order valence-electron chi connectivity index (χ0n) is 11.7. The quantitative estimate of drug-likeness (QED) is 0.814. The standard InChI is InChI=1S/C15H19Cl2N3/c1-11(2)20-10-19-9-14(20)8-18-6-5-12-3-4-13(16)7-15(12)17/h3-4,7,9-11,18H,5-6,8H2,1-2H3. The third-order valence-corrected chi connectivity index (χ3v) is 3.78. The van der Waals surface area contributed by atoms with Crippen molar-refractivity contribution in [1.82, 2.24) is 14.9 Å². The fraction of sp³-hybridized carbons (Fsp3) is 0.400. The van der Waals surface area contributed by atoms with Crippen LogP contribution in [0.25, 0.3) is 0 Å². The van der Waals surface area contributed by atoms with E-state index >= 15 is 0 Å². The van der Waals surface area contributed by atoms with Crippen molar-refractivity contribution in [3.8, 4) is 0 Å². The van der Waals surface area contributed by atoms with E-state index in [1.54, 1.807) is 6.07 Å². The molecule has 0 aliphatic rings. The van der Waals surface area contributed by atoms with Gasteiger partial charge in [-0.3, -0.25) is 0 Å². The summed E-state index contributed by atoms with van der Waals surface area (Å²) in [6, 6.07) is 6.06. The van der Waals surface area contributed by atoms with Gasteiger partial charge in [0.2, 0.25) is 0 Å². The zero-order chi connectivity index (χ0) is 14.5. The van der Waals surface area contributed by atoms with Crippen LogP contribution in [0.2, 0.25) is 10.0 Å². The third-order valence-electron chi connectivity index (χ3n) is 3.19. The summed E-state index contributed by atoms with van der Waals surface area (Å²) in [6.45, 7) is 5.98. The van der Waals surface area contributed by atoms with Gasteiger partial charge in [-0.1, -0.05) is 29.3 Å². The van der Waals surface area contributed by atoms with Crippen molar-refractivity contribution in [3.05, 3.63) is 52.0 Å². The molecule has 3 nitrogen and oxygen atoms in total. The van der Waals surface area contributed by atoms with Gasteiger partial charge in [0.15, 0.2) is 0 Å². The second kappa shape index (κ2) is 7.11. The van der Waals surface area contributed by atoms with E-state index in [-0.39, 0.29) is 0 Å². The smallest absolute Gasteiger partial charge is 0.0951 e. The van der Waals surface area contributed by atoms with Gasteiger partial charge in [-0.2, -0.15) is 0 Å². The largest absolute Gasteiger partial charge is 0.331 e. The summed E-state index contributed by atoms with van der Waals surface area (Å²) >= 11 is 12.0. The van der Waals surface area contributed by atoms with Crippen molar-refractivity contribution in [2.75, 3.05) is 6.54 Å². The number of halogens is 2. The number of rotatable bonds is 6. The minimum atomic E-state index is 0.431. The Morgan fingerprint density at radius 2 is 2.10 bits per heavy atom. The fourth-order valence-corrected chi connectivity index (χ4v) is 2.60. The Kier molecular flexibility index (Phi) is 5.46. The van der Waals surface area contributed by atoms with Gasteiger partial charge in [0.1, 0.15) is 0 Å². The minimum Gasteiger partial charge on any atom is -0.331 e. The topological polar surface area (TPSA) is 29.9 Å². The molecule has 1 aromatic carbocycles. The Morgan fingerprint density at radius 3 is 2.80 bits per heavy atom. The molecule has 0 bridgehead atoms. The molecule has 0 amide bonds. The second-order valence-electron chi connectivity index (χ2n) is 5.05. The average Bonchev–Trinajstić information content (AvgIpc) is 2.85. The van der Waals surface area contributed by atoms with Crippen molar-refractivity contribution in [1.29, 1.82) is 0 Å². The maximum Gasteiger partial charge on any atom is 0.0951 e. The first kappa shape index (κ1) is 15.4. The van der Waals surface area contributed by atoms with Gasteiger partial charge < -0.3 is 9.88 Å². The van der Waals surface area contributed by atoms with Crippen molar-refractivity contribution in [3.63, 3.8) is 0 Å². The summed E-state index contributed by atoms with van der Waals surface area (Å²) in [5.74, 6) is 0. The molecule has 1 aromatic heterocycles. The highest BCUT2D eigenvalue weighted by Gasteiger charge is 2.05. The monoisotopic (exact) mass is 311 g/mol. The number of benzene rings is 1. The molecule has 108 valence electrons. The number of aromatic nitrogens is 2. The predicted molar refractivity (Wildman–Crippen MR) is 84.5 cm³/mol. The molecule has 0 aliphatic carbocycles. The Bertz CT molecular complexity index is 564. The first-order chi connectivity index (χ1) is 9.58. The summed E-state index contributed by atoms with van der Waals surface area (Å²) in [7, 11) is 0. The Hall–Kier alpha value is -1.03. The van der Waals surface area contributed by atoms with Crippen molar-refractivity contribution in [2.24, 2.45) is 0 Å². The van der Waals surface area contributed by atoms with Gasteiger partial charge in [0, 0.05) is 28.8 Å². The van der Waals surface area contributed by atoms with Gasteiger partial charge >= 0.3 is 0 Å². The highest BCUT2D eigenvalue weighted by Crippen LogP contribution is 2.21. The molecule has 2 aromatic rings. The summed E-state index contributed by atoms with van der Waals surface area (Å²) in [4.78, 5) is 4.19. The molecule has 0 radical (unpaired) electrons. The lowest BCUT2D eigenvalue weighted by atomic mass is 10.1. The predicted octanol–water partition coefficient (Wildman–Crippen LogP) is 4.10. The summed E-state index contributed by atoms with van der Waals surface area (Å²) in [5.41, 5.74) is 2.31. The van der Waals surface area contributed by atoms with E-state index in [1.165, 1.54) is 5.69 Å². The molecule has 5 heteroatoms. The van der Waals surface area contributed by atoms with E-state index in [1.807, 2.05) is 24.7 Å². The van der Waals surface area contributed by atoms with E-state index in [9.17, 15) is 0 Å². The molecule has 0 saturated heterocycles.